The summed E-state index contributed by atoms with van der Waals surface area (Å²) in [7, 11) is 0. The molecule has 1 unspecified atom stereocenters. The largest absolute Gasteiger partial charge is 0.507 e. The van der Waals surface area contributed by atoms with E-state index in [9.17, 15) is 19.8 Å². The number of hydrogen-bond donors (Lipinski definition) is 5. The van der Waals surface area contributed by atoms with Crippen molar-refractivity contribution in [2.45, 2.75) is 6.10 Å². The van der Waals surface area contributed by atoms with Gasteiger partial charge in [-0.05, 0) is 36.4 Å². The van der Waals surface area contributed by atoms with E-state index in [4.69, 9.17) is 19.6 Å². The second kappa shape index (κ2) is 9.70. The summed E-state index contributed by atoms with van der Waals surface area (Å²) in [5.41, 5.74) is 4.91. The van der Waals surface area contributed by atoms with E-state index in [-0.39, 0.29) is 40.8 Å². The van der Waals surface area contributed by atoms with Crippen molar-refractivity contribution in [1.29, 1.82) is 5.41 Å². The second-order valence-electron chi connectivity index (χ2n) is 7.81. The van der Waals surface area contributed by atoms with Crippen LogP contribution in [0, 0.1) is 5.41 Å². The van der Waals surface area contributed by atoms with E-state index in [0.717, 1.165) is 0 Å². The number of carbonyl (C=O) groups is 2. The fourth-order valence-electron chi connectivity index (χ4n) is 3.66. The van der Waals surface area contributed by atoms with Crippen LogP contribution in [0.15, 0.2) is 76.9 Å². The molecule has 2 amide bonds. The molecule has 5 N–H and O–H groups in total. The van der Waals surface area contributed by atoms with Gasteiger partial charge in [-0.15, -0.1) is 0 Å². The van der Waals surface area contributed by atoms with Crippen LogP contribution in [-0.4, -0.2) is 46.1 Å². The van der Waals surface area contributed by atoms with Crippen molar-refractivity contribution < 1.29 is 34.0 Å². The number of ether oxygens (including phenoxy) is 3. The molecule has 5 rings (SSSR count). The van der Waals surface area contributed by atoms with Crippen LogP contribution < -0.4 is 20.3 Å². The molecule has 0 spiro atoms. The first-order chi connectivity index (χ1) is 17.9. The summed E-state index contributed by atoms with van der Waals surface area (Å²) >= 11 is 0. The van der Waals surface area contributed by atoms with Gasteiger partial charge in [-0.2, -0.15) is 10.2 Å². The van der Waals surface area contributed by atoms with Crippen LogP contribution in [0.4, 0.5) is 0 Å². The quantitative estimate of drug-likeness (QED) is 0.334. The molecule has 1 saturated heterocycles. The van der Waals surface area contributed by atoms with E-state index in [0.29, 0.717) is 17.1 Å². The molecule has 0 radical (unpaired) electrons. The molecule has 1 fully saturated rings. The van der Waals surface area contributed by atoms with Gasteiger partial charge in [0.25, 0.3) is 11.8 Å². The first-order valence-corrected chi connectivity index (χ1v) is 10.9. The van der Waals surface area contributed by atoms with E-state index in [1.807, 2.05) is 0 Å². The van der Waals surface area contributed by atoms with Gasteiger partial charge >= 0.3 is 0 Å². The fraction of sp³-hybridized carbons (Fsp3) is 0.0800. The highest BCUT2D eigenvalue weighted by molar-refractivity contribution is 6.69. The SMILES string of the molecule is N=C1OC(c2ccc3c(c2)OCO3)C(=N/NC(=O)c2ccccc2O)/C1=N/NC(=O)c1ccccc1O. The Morgan fingerprint density at radius 3 is 2.08 bits per heavy atom. The molecular formula is C25H19N5O7. The lowest BCUT2D eigenvalue weighted by Crippen LogP contribution is -2.28. The Balaban J connectivity index is 1.48. The van der Waals surface area contributed by atoms with Gasteiger partial charge in [-0.25, -0.2) is 10.9 Å². The van der Waals surface area contributed by atoms with Gasteiger partial charge in [0.2, 0.25) is 12.7 Å². The average Bonchev–Trinajstić information content (AvgIpc) is 3.49. The zero-order valence-electron chi connectivity index (χ0n) is 19.0. The first kappa shape index (κ1) is 23.4. The number of hydrazone groups is 2. The molecule has 2 aliphatic rings. The number of phenolic OH excluding ortho intramolecular Hbond substituents is 2. The molecule has 12 heteroatoms. The Hall–Kier alpha value is -5.39. The summed E-state index contributed by atoms with van der Waals surface area (Å²) in [6, 6.07) is 16.8. The highest BCUT2D eigenvalue weighted by atomic mass is 16.7. The molecular weight excluding hydrogens is 482 g/mol. The fourth-order valence-corrected chi connectivity index (χ4v) is 3.66. The zero-order chi connectivity index (χ0) is 25.9. The molecule has 2 aliphatic heterocycles. The lowest BCUT2D eigenvalue weighted by molar-refractivity contribution is 0.0943. The zero-order valence-corrected chi connectivity index (χ0v) is 19.0. The number of nitrogens with one attached hydrogen (secondary N) is 3. The molecule has 0 aromatic heterocycles. The number of hydrogen-bond acceptors (Lipinski definition) is 10. The highest BCUT2D eigenvalue weighted by Gasteiger charge is 2.38. The van der Waals surface area contributed by atoms with Crippen molar-refractivity contribution in [3.8, 4) is 23.0 Å². The maximum atomic E-state index is 12.6. The lowest BCUT2D eigenvalue weighted by atomic mass is 10.0. The van der Waals surface area contributed by atoms with Crippen molar-refractivity contribution >= 4 is 29.1 Å². The van der Waals surface area contributed by atoms with Gasteiger partial charge in [0, 0.05) is 5.56 Å². The van der Waals surface area contributed by atoms with Crippen molar-refractivity contribution in [1.82, 2.24) is 10.9 Å². The number of phenols is 2. The monoisotopic (exact) mass is 501 g/mol. The third-order valence-corrected chi connectivity index (χ3v) is 5.49. The minimum absolute atomic E-state index is 0.00483. The second-order valence-corrected chi connectivity index (χ2v) is 7.81. The Morgan fingerprint density at radius 1 is 0.838 bits per heavy atom. The normalized spacial score (nSPS) is 18.1. The van der Waals surface area contributed by atoms with Crippen molar-refractivity contribution in [3.63, 3.8) is 0 Å². The van der Waals surface area contributed by atoms with Crippen LogP contribution in [0.1, 0.15) is 32.4 Å². The molecule has 0 aliphatic carbocycles. The summed E-state index contributed by atoms with van der Waals surface area (Å²) < 4.78 is 16.4. The Kier molecular flexibility index (Phi) is 6.12. The van der Waals surface area contributed by atoms with Gasteiger partial charge in [0.1, 0.15) is 17.2 Å². The van der Waals surface area contributed by atoms with Crippen molar-refractivity contribution in [2.75, 3.05) is 6.79 Å². The van der Waals surface area contributed by atoms with Gasteiger partial charge in [0.15, 0.2) is 23.3 Å². The predicted octanol–water partition coefficient (Wildman–Crippen LogP) is 2.45. The molecule has 0 saturated carbocycles. The number of rotatable bonds is 5. The number of carbonyl (C=O) groups excluding carboxylic acids is 2. The Labute approximate surface area is 209 Å². The summed E-state index contributed by atoms with van der Waals surface area (Å²) in [6.45, 7) is 0.0583. The smallest absolute Gasteiger partial charge is 0.275 e. The van der Waals surface area contributed by atoms with E-state index >= 15 is 0 Å². The van der Waals surface area contributed by atoms with Crippen molar-refractivity contribution in [2.24, 2.45) is 10.2 Å². The van der Waals surface area contributed by atoms with Gasteiger partial charge in [-0.3, -0.25) is 15.0 Å². The average molecular weight is 501 g/mol. The number of para-hydroxylation sites is 2. The summed E-state index contributed by atoms with van der Waals surface area (Å²) in [4.78, 5) is 25.2. The molecule has 3 aromatic rings. The van der Waals surface area contributed by atoms with E-state index in [1.165, 1.54) is 24.3 Å². The number of amides is 2. The van der Waals surface area contributed by atoms with Gasteiger partial charge in [-0.1, -0.05) is 30.3 Å². The third-order valence-electron chi connectivity index (χ3n) is 5.49. The third kappa shape index (κ3) is 4.62. The number of fused-ring (bicyclic) bond motifs is 1. The summed E-state index contributed by atoms with van der Waals surface area (Å²) in [6.07, 6.45) is -0.993. The molecule has 2 heterocycles. The number of nitrogens with zero attached hydrogens (tertiary/aromatic N) is 2. The van der Waals surface area contributed by atoms with E-state index < -0.39 is 23.8 Å². The maximum absolute atomic E-state index is 12.6. The van der Waals surface area contributed by atoms with Crippen LogP contribution in [0.5, 0.6) is 23.0 Å². The minimum Gasteiger partial charge on any atom is -0.507 e. The van der Waals surface area contributed by atoms with E-state index in [1.54, 1.807) is 42.5 Å². The van der Waals surface area contributed by atoms with Crippen LogP contribution in [0.25, 0.3) is 0 Å². The molecule has 0 bridgehead atoms. The maximum Gasteiger partial charge on any atom is 0.275 e. The van der Waals surface area contributed by atoms with Crippen molar-refractivity contribution in [3.05, 3.63) is 83.4 Å². The predicted molar refractivity (Wildman–Crippen MR) is 130 cm³/mol. The number of aromatic hydroxyl groups is 2. The summed E-state index contributed by atoms with van der Waals surface area (Å²) in [5, 5.41) is 36.3. The molecule has 3 aromatic carbocycles. The minimum atomic E-state index is -0.993. The highest BCUT2D eigenvalue weighted by Crippen LogP contribution is 2.37. The topological polar surface area (TPSA) is 175 Å². The molecule has 186 valence electrons. The molecule has 37 heavy (non-hydrogen) atoms. The lowest BCUT2D eigenvalue weighted by Gasteiger charge is -2.11. The molecule has 1 atom stereocenters. The van der Waals surface area contributed by atoms with E-state index in [2.05, 4.69) is 21.1 Å². The van der Waals surface area contributed by atoms with Gasteiger partial charge < -0.3 is 24.4 Å². The summed E-state index contributed by atoms with van der Waals surface area (Å²) in [5.74, 6) is -1.37. The van der Waals surface area contributed by atoms with Crippen LogP contribution in [-0.2, 0) is 4.74 Å². The first-order valence-electron chi connectivity index (χ1n) is 10.9. The van der Waals surface area contributed by atoms with Gasteiger partial charge in [0.05, 0.1) is 11.1 Å². The Bertz CT molecular complexity index is 1480. The van der Waals surface area contributed by atoms with Crippen LogP contribution in [0.3, 0.4) is 0 Å². The van der Waals surface area contributed by atoms with Crippen LogP contribution in [0.2, 0.25) is 0 Å². The molecule has 12 nitrogen and oxygen atoms in total. The van der Waals surface area contributed by atoms with Crippen LogP contribution >= 0.6 is 0 Å². The Morgan fingerprint density at radius 2 is 1.43 bits per heavy atom. The standard InChI is InChI=1S/C25H19N5O7/c26-23-21(28-30-25(34)15-6-2-4-8-17(15)32)20(27-29-24(33)14-5-1-3-7-16(14)31)22(37-23)13-9-10-18-19(11-13)36-12-35-18/h1-11,22,26,31-32H,12H2,(H,29,33)(H,30,34)/b26-23?,27-20+,28-21-. The number of benzene rings is 3.